The van der Waals surface area contributed by atoms with E-state index in [0.717, 1.165) is 11.1 Å². The Labute approximate surface area is 199 Å². The monoisotopic (exact) mass is 496 g/mol. The number of halogens is 1. The maximum absolute atomic E-state index is 13.7. The summed E-state index contributed by atoms with van der Waals surface area (Å²) < 4.78 is 39.5. The van der Waals surface area contributed by atoms with Gasteiger partial charge in [-0.15, -0.1) is 0 Å². The number of nitrogens with one attached hydrogen (secondary N) is 2. The fourth-order valence-electron chi connectivity index (χ4n) is 3.88. The van der Waals surface area contributed by atoms with Crippen LogP contribution in [0.5, 0.6) is 5.75 Å². The van der Waals surface area contributed by atoms with Gasteiger partial charge in [-0.25, -0.2) is 4.98 Å². The minimum Gasteiger partial charge on any atom is -0.494 e. The van der Waals surface area contributed by atoms with E-state index in [9.17, 15) is 13.2 Å². The van der Waals surface area contributed by atoms with E-state index in [-0.39, 0.29) is 43.2 Å². The lowest BCUT2D eigenvalue weighted by molar-refractivity contribution is -0.125. The molecule has 1 fully saturated rings. The van der Waals surface area contributed by atoms with Crippen LogP contribution >= 0.6 is 11.6 Å². The Balaban J connectivity index is 1.96. The van der Waals surface area contributed by atoms with E-state index >= 15 is 0 Å². The molecule has 9 nitrogen and oxygen atoms in total. The molecule has 1 saturated heterocycles. The van der Waals surface area contributed by atoms with Gasteiger partial charge >= 0.3 is 0 Å². The molecule has 1 aromatic carbocycles. The average molecular weight is 497 g/mol. The molecule has 33 heavy (non-hydrogen) atoms. The van der Waals surface area contributed by atoms with Crippen molar-refractivity contribution in [2.24, 2.45) is 0 Å². The van der Waals surface area contributed by atoms with Gasteiger partial charge in [-0.2, -0.15) is 17.4 Å². The third kappa shape index (κ3) is 5.30. The van der Waals surface area contributed by atoms with Crippen molar-refractivity contribution in [2.75, 3.05) is 45.8 Å². The largest absolute Gasteiger partial charge is 0.494 e. The highest BCUT2D eigenvalue weighted by Gasteiger charge is 2.55. The molecule has 11 heteroatoms. The van der Waals surface area contributed by atoms with Gasteiger partial charge in [0, 0.05) is 32.8 Å². The first-order chi connectivity index (χ1) is 15.6. The van der Waals surface area contributed by atoms with Crippen LogP contribution in [0.1, 0.15) is 30.9 Å². The van der Waals surface area contributed by atoms with Gasteiger partial charge in [0.1, 0.15) is 22.0 Å². The van der Waals surface area contributed by atoms with E-state index in [2.05, 4.69) is 15.0 Å². The van der Waals surface area contributed by atoms with Crippen LogP contribution in [0.3, 0.4) is 0 Å². The van der Waals surface area contributed by atoms with Crippen LogP contribution in [0.4, 0.5) is 5.69 Å². The Morgan fingerprint density at radius 2 is 1.97 bits per heavy atom. The van der Waals surface area contributed by atoms with Crippen molar-refractivity contribution in [1.82, 2.24) is 14.0 Å². The standard InChI is InChI=1S/C22H29ClN4O5S/c1-15(2)16-7-5-6-8-17(16)22(13-27(14-22)33(29,30)25-9-10-31-3)21(28)26-18-12-24-20(23)11-19(18)32-4/h5-8,11-12,15,25H,9-10,13-14H2,1-4H3,(H,26,28). The summed E-state index contributed by atoms with van der Waals surface area (Å²) in [7, 11) is -0.801. The lowest BCUT2D eigenvalue weighted by atomic mass is 9.71. The topological polar surface area (TPSA) is 110 Å². The summed E-state index contributed by atoms with van der Waals surface area (Å²) in [4.78, 5) is 17.7. The third-order valence-corrected chi connectivity index (χ3v) is 7.37. The SMILES string of the molecule is COCCNS(=O)(=O)N1CC(C(=O)Nc2cnc(Cl)cc2OC)(c2ccccc2C(C)C)C1. The highest BCUT2D eigenvalue weighted by Crippen LogP contribution is 2.41. The summed E-state index contributed by atoms with van der Waals surface area (Å²) in [5.74, 6) is 0.158. The predicted molar refractivity (Wildman–Crippen MR) is 127 cm³/mol. The van der Waals surface area contributed by atoms with Crippen molar-refractivity contribution in [1.29, 1.82) is 0 Å². The first kappa shape index (κ1) is 25.4. The van der Waals surface area contributed by atoms with Crippen LogP contribution in [0.15, 0.2) is 36.5 Å². The van der Waals surface area contributed by atoms with Crippen molar-refractivity contribution in [3.8, 4) is 5.75 Å². The van der Waals surface area contributed by atoms with E-state index in [4.69, 9.17) is 21.1 Å². The molecule has 1 amide bonds. The first-order valence-corrected chi connectivity index (χ1v) is 12.3. The molecule has 1 aromatic heterocycles. The van der Waals surface area contributed by atoms with E-state index < -0.39 is 15.6 Å². The molecule has 0 radical (unpaired) electrons. The van der Waals surface area contributed by atoms with Crippen LogP contribution in [0.25, 0.3) is 0 Å². The number of amides is 1. The van der Waals surface area contributed by atoms with Crippen LogP contribution in [-0.4, -0.2) is 64.1 Å². The summed E-state index contributed by atoms with van der Waals surface area (Å²) in [6, 6.07) is 9.12. The average Bonchev–Trinajstić information content (AvgIpc) is 2.74. The number of methoxy groups -OCH3 is 2. The van der Waals surface area contributed by atoms with Crippen LogP contribution < -0.4 is 14.8 Å². The molecule has 180 valence electrons. The highest BCUT2D eigenvalue weighted by molar-refractivity contribution is 7.87. The number of carbonyl (C=O) groups excluding carboxylic acids is 1. The van der Waals surface area contributed by atoms with Gasteiger partial charge in [0.15, 0.2) is 0 Å². The number of hydrogen-bond donors (Lipinski definition) is 2. The quantitative estimate of drug-likeness (QED) is 0.386. The van der Waals surface area contributed by atoms with Crippen LogP contribution in [-0.2, 0) is 25.2 Å². The molecule has 0 unspecified atom stereocenters. The second kappa shape index (κ2) is 10.4. The van der Waals surface area contributed by atoms with Gasteiger partial charge in [-0.1, -0.05) is 49.7 Å². The van der Waals surface area contributed by atoms with E-state index in [0.29, 0.717) is 11.4 Å². The summed E-state index contributed by atoms with van der Waals surface area (Å²) in [5.41, 5.74) is 1.05. The second-order valence-corrected chi connectivity index (χ2v) is 10.3. The molecule has 0 spiro atoms. The molecular weight excluding hydrogens is 468 g/mol. The number of pyridine rings is 1. The third-order valence-electron chi connectivity index (χ3n) is 5.66. The molecule has 0 saturated carbocycles. The Morgan fingerprint density at radius 3 is 2.61 bits per heavy atom. The number of ether oxygens (including phenoxy) is 2. The summed E-state index contributed by atoms with van der Waals surface area (Å²) in [5, 5.41) is 3.10. The summed E-state index contributed by atoms with van der Waals surface area (Å²) in [6.07, 6.45) is 1.42. The van der Waals surface area contributed by atoms with E-state index in [1.54, 1.807) is 0 Å². The van der Waals surface area contributed by atoms with Gasteiger partial charge in [-0.05, 0) is 17.0 Å². The zero-order valence-corrected chi connectivity index (χ0v) is 20.7. The Bertz CT molecular complexity index is 1100. The molecule has 0 bridgehead atoms. The molecule has 2 aromatic rings. The highest BCUT2D eigenvalue weighted by atomic mass is 35.5. The van der Waals surface area contributed by atoms with Crippen molar-refractivity contribution in [3.05, 3.63) is 52.8 Å². The van der Waals surface area contributed by atoms with Crippen molar-refractivity contribution < 1.29 is 22.7 Å². The van der Waals surface area contributed by atoms with Gasteiger partial charge in [0.25, 0.3) is 10.2 Å². The van der Waals surface area contributed by atoms with Crippen molar-refractivity contribution in [2.45, 2.75) is 25.2 Å². The Kier molecular flexibility index (Phi) is 7.96. The molecule has 0 aliphatic carbocycles. The zero-order valence-electron chi connectivity index (χ0n) is 19.1. The molecule has 1 aliphatic rings. The Morgan fingerprint density at radius 1 is 1.27 bits per heavy atom. The fraction of sp³-hybridized carbons (Fsp3) is 0.455. The summed E-state index contributed by atoms with van der Waals surface area (Å²) >= 11 is 5.94. The number of rotatable bonds is 10. The van der Waals surface area contributed by atoms with Crippen LogP contribution in [0, 0.1) is 0 Å². The maximum Gasteiger partial charge on any atom is 0.279 e. The number of anilines is 1. The molecule has 2 heterocycles. The van der Waals surface area contributed by atoms with Crippen molar-refractivity contribution >= 4 is 33.4 Å². The molecule has 1 aliphatic heterocycles. The number of nitrogens with zero attached hydrogens (tertiary/aromatic N) is 2. The Hall–Kier alpha value is -2.24. The second-order valence-electron chi connectivity index (χ2n) is 8.15. The molecule has 0 atom stereocenters. The maximum atomic E-state index is 13.7. The number of carbonyl (C=O) groups is 1. The smallest absolute Gasteiger partial charge is 0.279 e. The van der Waals surface area contributed by atoms with Gasteiger partial charge in [0.2, 0.25) is 5.91 Å². The lowest BCUT2D eigenvalue weighted by Crippen LogP contribution is -2.68. The molecule has 2 N–H and O–H groups in total. The first-order valence-electron chi connectivity index (χ1n) is 10.5. The number of hydrogen-bond acceptors (Lipinski definition) is 6. The van der Waals surface area contributed by atoms with Crippen LogP contribution in [0.2, 0.25) is 5.15 Å². The van der Waals surface area contributed by atoms with Gasteiger partial charge in [-0.3, -0.25) is 4.79 Å². The van der Waals surface area contributed by atoms with Gasteiger partial charge < -0.3 is 14.8 Å². The van der Waals surface area contributed by atoms with E-state index in [1.807, 2.05) is 38.1 Å². The number of aromatic nitrogens is 1. The minimum absolute atomic E-state index is 0.00574. The predicted octanol–water partition coefficient (Wildman–Crippen LogP) is 2.54. The number of benzene rings is 1. The molecular formula is C22H29ClN4O5S. The van der Waals surface area contributed by atoms with Crippen molar-refractivity contribution in [3.63, 3.8) is 0 Å². The zero-order chi connectivity index (χ0) is 24.2. The fourth-order valence-corrected chi connectivity index (χ4v) is 5.33. The lowest BCUT2D eigenvalue weighted by Gasteiger charge is -2.48. The summed E-state index contributed by atoms with van der Waals surface area (Å²) in [6.45, 7) is 4.46. The normalized spacial score (nSPS) is 15.8. The molecule has 3 rings (SSSR count). The minimum atomic E-state index is -3.76. The van der Waals surface area contributed by atoms with Gasteiger partial charge in [0.05, 0.1) is 19.9 Å². The van der Waals surface area contributed by atoms with E-state index in [1.165, 1.54) is 30.8 Å².